The summed E-state index contributed by atoms with van der Waals surface area (Å²) in [6.45, 7) is -1.10. The van der Waals surface area contributed by atoms with Gasteiger partial charge in [0, 0.05) is 49.0 Å². The van der Waals surface area contributed by atoms with Gasteiger partial charge in [-0.3, -0.25) is 4.98 Å². The summed E-state index contributed by atoms with van der Waals surface area (Å²) in [6, 6.07) is 6.44. The van der Waals surface area contributed by atoms with Crippen LogP contribution in [0.2, 0.25) is 0 Å². The molecule has 0 aromatic carbocycles. The van der Waals surface area contributed by atoms with Crippen molar-refractivity contribution >= 4 is 11.3 Å². The number of nitrogens with one attached hydrogen (secondary N) is 1. The average molecular weight is 381 g/mol. The Morgan fingerprint density at radius 3 is 2.92 bits per heavy atom. The predicted molar refractivity (Wildman–Crippen MR) is 108 cm³/mol. The first-order valence-corrected chi connectivity index (χ1v) is 9.72. The largest absolute Gasteiger partial charge is 0.375 e. The second-order valence-corrected chi connectivity index (χ2v) is 7.40. The third-order valence-corrected chi connectivity index (χ3v) is 5.65. The Kier molecular flexibility index (Phi) is 2.94. The molecule has 3 heterocycles. The third-order valence-electron chi connectivity index (χ3n) is 4.72. The summed E-state index contributed by atoms with van der Waals surface area (Å²) in [6.07, 6.45) is -9.65. The van der Waals surface area contributed by atoms with Gasteiger partial charge in [0.25, 0.3) is 0 Å². The molecule has 2 aliphatic rings. The first kappa shape index (κ1) is 9.81. The van der Waals surface area contributed by atoms with Crippen LogP contribution in [0.4, 0.5) is 0 Å². The van der Waals surface area contributed by atoms with Crippen LogP contribution >= 0.6 is 11.3 Å². The molecule has 140 valence electrons. The summed E-state index contributed by atoms with van der Waals surface area (Å²) < 4.78 is 93.9. The summed E-state index contributed by atoms with van der Waals surface area (Å²) in [5.74, 6) is 0. The number of hydrogen-bond acceptors (Lipinski definition) is 4. The van der Waals surface area contributed by atoms with E-state index < -0.39 is 49.6 Å². The van der Waals surface area contributed by atoms with Gasteiger partial charge in [-0.25, -0.2) is 0 Å². The van der Waals surface area contributed by atoms with Crippen molar-refractivity contribution in [1.29, 1.82) is 0 Å². The van der Waals surface area contributed by atoms with Gasteiger partial charge in [0.05, 0.1) is 5.60 Å². The first-order valence-electron chi connectivity index (χ1n) is 13.8. The molecule has 26 heavy (non-hydrogen) atoms. The lowest BCUT2D eigenvalue weighted by atomic mass is 9.68. The second-order valence-electron chi connectivity index (χ2n) is 6.48. The van der Waals surface area contributed by atoms with Crippen LogP contribution in [0.15, 0.2) is 35.8 Å². The van der Waals surface area contributed by atoms with Crippen molar-refractivity contribution in [2.45, 2.75) is 69.2 Å². The summed E-state index contributed by atoms with van der Waals surface area (Å²) >= 11 is 1.24. The zero-order valence-electron chi connectivity index (χ0n) is 24.8. The zero-order valence-corrected chi connectivity index (χ0v) is 15.6. The molecule has 2 aromatic heterocycles. The number of thiophene rings is 1. The minimum absolute atomic E-state index is 0.0100. The highest BCUT2D eigenvalue weighted by Crippen LogP contribution is 2.49. The quantitative estimate of drug-likeness (QED) is 0.766. The summed E-state index contributed by atoms with van der Waals surface area (Å²) in [5, 5.41) is 4.56. The van der Waals surface area contributed by atoms with Crippen LogP contribution in [0.25, 0.3) is 0 Å². The Balaban J connectivity index is 1.85. The van der Waals surface area contributed by atoms with Crippen LogP contribution in [0, 0.1) is 6.92 Å². The normalized spacial score (nSPS) is 39.0. The Labute approximate surface area is 175 Å². The van der Waals surface area contributed by atoms with Gasteiger partial charge in [0.15, 0.2) is 0 Å². The van der Waals surface area contributed by atoms with Crippen LogP contribution in [0.3, 0.4) is 0 Å². The molecule has 3 nitrogen and oxygen atoms in total. The third kappa shape index (κ3) is 3.73. The highest BCUT2D eigenvalue weighted by molar-refractivity contribution is 7.10. The van der Waals surface area contributed by atoms with E-state index in [4.69, 9.17) is 15.7 Å². The lowest BCUT2D eigenvalue weighted by Crippen LogP contribution is -2.47. The van der Waals surface area contributed by atoms with Crippen molar-refractivity contribution in [3.63, 3.8) is 0 Å². The van der Waals surface area contributed by atoms with Crippen LogP contribution in [-0.4, -0.2) is 23.7 Å². The molecule has 2 fully saturated rings. The van der Waals surface area contributed by atoms with E-state index in [1.807, 2.05) is 0 Å². The van der Waals surface area contributed by atoms with Crippen LogP contribution in [-0.2, 0) is 16.6 Å². The van der Waals surface area contributed by atoms with E-state index in [2.05, 4.69) is 10.3 Å². The minimum atomic E-state index is -2.91. The van der Waals surface area contributed by atoms with Crippen molar-refractivity contribution in [2.24, 2.45) is 0 Å². The molecule has 0 amide bonds. The highest BCUT2D eigenvalue weighted by Gasteiger charge is 2.48. The lowest BCUT2D eigenvalue weighted by Gasteiger charge is -2.46. The molecule has 1 atom stereocenters. The van der Waals surface area contributed by atoms with Crippen LogP contribution < -0.4 is 5.32 Å². The number of aromatic nitrogens is 1. The molecule has 1 saturated heterocycles. The Hall–Kier alpha value is -1.23. The Bertz CT molecular complexity index is 1090. The SMILES string of the molecule is [2H]C([2H])(NCC[C@@]1(c2ccccn2)C([2H])([2H])COC2(C([2H])([2H])CCC2([2H])[2H])C1([2H])[2H])c1sccc1C. The Morgan fingerprint density at radius 1 is 1.31 bits per heavy atom. The molecule has 1 N–H and O–H groups in total. The van der Waals surface area contributed by atoms with Gasteiger partial charge in [-0.2, -0.15) is 0 Å². The molecule has 1 spiro atoms. The maximum atomic E-state index is 9.35. The van der Waals surface area contributed by atoms with E-state index in [0.29, 0.717) is 4.88 Å². The maximum Gasteiger partial charge on any atom is 0.0691 e. The molecule has 0 bridgehead atoms. The highest BCUT2D eigenvalue weighted by atomic mass is 32.1. The fraction of sp³-hybridized carbons (Fsp3) is 0.591. The van der Waals surface area contributed by atoms with Gasteiger partial charge in [-0.05, 0) is 74.5 Å². The lowest BCUT2D eigenvalue weighted by molar-refractivity contribution is -0.104. The van der Waals surface area contributed by atoms with Gasteiger partial charge in [-0.15, -0.1) is 11.3 Å². The minimum Gasteiger partial charge on any atom is -0.375 e. The van der Waals surface area contributed by atoms with E-state index in [1.165, 1.54) is 23.6 Å². The molecular formula is C22H30N2OS. The maximum absolute atomic E-state index is 9.35. The van der Waals surface area contributed by atoms with E-state index in [1.54, 1.807) is 30.5 Å². The van der Waals surface area contributed by atoms with Crippen LogP contribution in [0.5, 0.6) is 0 Å². The van der Waals surface area contributed by atoms with Gasteiger partial charge in [-0.1, -0.05) is 18.9 Å². The molecule has 2 aromatic rings. The average Bonchev–Trinajstić information content (AvgIpc) is 3.29. The topological polar surface area (TPSA) is 34.2 Å². The van der Waals surface area contributed by atoms with Gasteiger partial charge >= 0.3 is 0 Å². The van der Waals surface area contributed by atoms with Crippen molar-refractivity contribution < 1.29 is 18.4 Å². The fourth-order valence-electron chi connectivity index (χ4n) is 3.32. The number of aryl methyl sites for hydroxylation is 1. The molecular weight excluding hydrogens is 340 g/mol. The van der Waals surface area contributed by atoms with E-state index in [9.17, 15) is 2.74 Å². The number of rotatable bonds is 6. The summed E-state index contributed by atoms with van der Waals surface area (Å²) in [7, 11) is 0. The molecule has 0 unspecified atom stereocenters. The molecule has 1 aliphatic carbocycles. The number of hydrogen-bond donors (Lipinski definition) is 1. The molecule has 4 rings (SSSR count). The van der Waals surface area contributed by atoms with Crippen molar-refractivity contribution in [3.8, 4) is 0 Å². The van der Waals surface area contributed by atoms with Gasteiger partial charge in [0.1, 0.15) is 0 Å². The molecule has 1 aliphatic heterocycles. The van der Waals surface area contributed by atoms with Crippen molar-refractivity contribution in [3.05, 3.63) is 52.0 Å². The van der Waals surface area contributed by atoms with Crippen molar-refractivity contribution in [1.82, 2.24) is 10.3 Å². The first-order chi connectivity index (χ1) is 16.5. The smallest absolute Gasteiger partial charge is 0.0691 e. The van der Waals surface area contributed by atoms with Crippen LogP contribution in [0.1, 0.15) is 74.6 Å². The van der Waals surface area contributed by atoms with E-state index >= 15 is 0 Å². The fourth-order valence-corrected chi connectivity index (χ4v) is 4.11. The second kappa shape index (κ2) is 7.79. The monoisotopic (exact) mass is 380 g/mol. The zero-order chi connectivity index (χ0) is 26.8. The van der Waals surface area contributed by atoms with E-state index in [0.717, 1.165) is 5.56 Å². The number of pyridine rings is 1. The van der Waals surface area contributed by atoms with E-state index in [-0.39, 0.29) is 31.5 Å². The number of ether oxygens (including phenoxy) is 1. The molecule has 0 radical (unpaired) electrons. The Morgan fingerprint density at radius 2 is 2.19 bits per heavy atom. The van der Waals surface area contributed by atoms with Gasteiger partial charge < -0.3 is 10.1 Å². The summed E-state index contributed by atoms with van der Waals surface area (Å²) in [4.78, 5) is 4.75. The van der Waals surface area contributed by atoms with Gasteiger partial charge in [0.2, 0.25) is 0 Å². The molecule has 1 saturated carbocycles. The summed E-state index contributed by atoms with van der Waals surface area (Å²) in [5.41, 5.74) is -3.99. The number of nitrogens with zero attached hydrogens (tertiary/aromatic N) is 1. The standard InChI is InChI=1S/C22H30N2OS/c1-18-7-15-26-19(18)16-23-13-10-21(20-6-2-5-12-24-20)11-14-25-22(17-21)8-3-4-9-22/h2,5-7,12,15,23H,3-4,8-11,13-14,16-17H2,1H3/t21-/m1/s1/i8D2,9D2,11D2,16D2,17D2. The predicted octanol–water partition coefficient (Wildman–Crippen LogP) is 4.99. The molecule has 4 heteroatoms. The van der Waals surface area contributed by atoms with Crippen molar-refractivity contribution in [2.75, 3.05) is 13.2 Å².